The van der Waals surface area contributed by atoms with Crippen molar-refractivity contribution in [2.45, 2.75) is 33.2 Å². The van der Waals surface area contributed by atoms with E-state index >= 15 is 0 Å². The van der Waals surface area contributed by atoms with Gasteiger partial charge in [0.25, 0.3) is 0 Å². The van der Waals surface area contributed by atoms with E-state index in [1.807, 2.05) is 36.9 Å². The second-order valence-corrected chi connectivity index (χ2v) is 4.55. The summed E-state index contributed by atoms with van der Waals surface area (Å²) in [6.45, 7) is 6.34. The van der Waals surface area contributed by atoms with Crippen LogP contribution >= 0.6 is 11.6 Å². The highest BCUT2D eigenvalue weighted by Crippen LogP contribution is 2.24. The average Bonchev–Trinajstić information content (AvgIpc) is 2.29. The van der Waals surface area contributed by atoms with Crippen LogP contribution in [0, 0.1) is 6.92 Å². The number of hydrogen-bond donors (Lipinski definition) is 1. The first-order valence-corrected chi connectivity index (χ1v) is 6.10. The third kappa shape index (κ3) is 3.37. The molecule has 0 radical (unpaired) electrons. The maximum Gasteiger partial charge on any atom is 0.326 e. The van der Waals surface area contributed by atoms with Crippen LogP contribution in [0.5, 0.6) is 0 Å². The van der Waals surface area contributed by atoms with Crippen molar-refractivity contribution in [3.05, 3.63) is 28.8 Å². The maximum absolute atomic E-state index is 11.1. The van der Waals surface area contributed by atoms with Gasteiger partial charge in [0, 0.05) is 17.3 Å². The number of aliphatic carboxylic acids is 1. The number of nitrogens with zero attached hydrogens (tertiary/aromatic N) is 1. The first-order chi connectivity index (χ1) is 7.97. The number of benzene rings is 1. The molecule has 3 nitrogen and oxygen atoms in total. The molecule has 1 aromatic carbocycles. The third-order valence-corrected chi connectivity index (χ3v) is 3.18. The Labute approximate surface area is 107 Å². The third-order valence-electron chi connectivity index (χ3n) is 2.78. The zero-order valence-electron chi connectivity index (χ0n) is 10.4. The van der Waals surface area contributed by atoms with Gasteiger partial charge < -0.3 is 10.0 Å². The van der Waals surface area contributed by atoms with Crippen molar-refractivity contribution < 1.29 is 9.90 Å². The molecule has 0 saturated heterocycles. The van der Waals surface area contributed by atoms with Gasteiger partial charge in [0.2, 0.25) is 0 Å². The quantitative estimate of drug-likeness (QED) is 0.877. The summed E-state index contributed by atoms with van der Waals surface area (Å²) in [6.07, 6.45) is 0.892. The molecule has 0 aromatic heterocycles. The first-order valence-electron chi connectivity index (χ1n) is 5.73. The Bertz CT molecular complexity index is 406. The number of halogens is 1. The van der Waals surface area contributed by atoms with Crippen LogP contribution in [0.3, 0.4) is 0 Å². The van der Waals surface area contributed by atoms with Crippen LogP contribution < -0.4 is 4.90 Å². The molecule has 1 aromatic rings. The lowest BCUT2D eigenvalue weighted by Crippen LogP contribution is -2.39. The summed E-state index contributed by atoms with van der Waals surface area (Å²) in [5.41, 5.74) is 1.85. The van der Waals surface area contributed by atoms with E-state index in [0.29, 0.717) is 11.6 Å². The zero-order chi connectivity index (χ0) is 13.0. The highest BCUT2D eigenvalue weighted by atomic mass is 35.5. The summed E-state index contributed by atoms with van der Waals surface area (Å²) in [5.74, 6) is -0.824. The van der Waals surface area contributed by atoms with Gasteiger partial charge in [0.05, 0.1) is 0 Å². The Hall–Kier alpha value is -1.22. The van der Waals surface area contributed by atoms with Crippen molar-refractivity contribution in [3.63, 3.8) is 0 Å². The molecule has 0 aliphatic heterocycles. The van der Waals surface area contributed by atoms with Crippen molar-refractivity contribution in [3.8, 4) is 0 Å². The second-order valence-electron chi connectivity index (χ2n) is 4.14. The highest BCUT2D eigenvalue weighted by Gasteiger charge is 2.20. The lowest BCUT2D eigenvalue weighted by atomic mass is 10.1. The number of aryl methyl sites for hydroxylation is 1. The molecule has 0 unspecified atom stereocenters. The minimum absolute atomic E-state index is 0.547. The summed E-state index contributed by atoms with van der Waals surface area (Å²) in [4.78, 5) is 12.9. The Kier molecular flexibility index (Phi) is 4.82. The Balaban J connectivity index is 3.04. The van der Waals surface area contributed by atoms with Crippen molar-refractivity contribution in [2.24, 2.45) is 0 Å². The van der Waals surface area contributed by atoms with Gasteiger partial charge in [-0.1, -0.05) is 24.6 Å². The topological polar surface area (TPSA) is 40.5 Å². The Morgan fingerprint density at radius 1 is 1.53 bits per heavy atom. The van der Waals surface area contributed by atoms with Gasteiger partial charge in [-0.15, -0.1) is 0 Å². The molecule has 0 amide bonds. The molecule has 17 heavy (non-hydrogen) atoms. The smallest absolute Gasteiger partial charge is 0.326 e. The van der Waals surface area contributed by atoms with E-state index in [4.69, 9.17) is 16.7 Å². The Morgan fingerprint density at radius 3 is 2.65 bits per heavy atom. The molecule has 0 fully saturated rings. The minimum atomic E-state index is -0.824. The molecular weight excluding hydrogens is 238 g/mol. The SMILES string of the molecule is CCCN(c1ccc(C)c(Cl)c1)[C@@H](C)C(=O)O. The normalized spacial score (nSPS) is 12.2. The van der Waals surface area contributed by atoms with Gasteiger partial charge in [0.1, 0.15) is 6.04 Å². The van der Waals surface area contributed by atoms with E-state index < -0.39 is 12.0 Å². The molecule has 0 aliphatic rings. The van der Waals surface area contributed by atoms with E-state index in [2.05, 4.69) is 0 Å². The van der Waals surface area contributed by atoms with Crippen LogP contribution in [-0.2, 0) is 4.79 Å². The first kappa shape index (κ1) is 13.8. The number of carboxylic acid groups (broad SMARTS) is 1. The number of carbonyl (C=O) groups is 1. The number of hydrogen-bond acceptors (Lipinski definition) is 2. The maximum atomic E-state index is 11.1. The molecule has 0 saturated carbocycles. The number of anilines is 1. The summed E-state index contributed by atoms with van der Waals surface area (Å²) >= 11 is 6.07. The summed E-state index contributed by atoms with van der Waals surface area (Å²) in [5, 5.41) is 9.76. The molecule has 0 spiro atoms. The molecule has 4 heteroatoms. The molecule has 0 aliphatic carbocycles. The fourth-order valence-corrected chi connectivity index (χ4v) is 1.86. The molecular formula is C13H18ClNO2. The lowest BCUT2D eigenvalue weighted by molar-refractivity contribution is -0.138. The Morgan fingerprint density at radius 2 is 2.18 bits per heavy atom. The fourth-order valence-electron chi connectivity index (χ4n) is 1.68. The van der Waals surface area contributed by atoms with Crippen molar-refractivity contribution in [1.82, 2.24) is 0 Å². The van der Waals surface area contributed by atoms with Crippen LogP contribution in [0.2, 0.25) is 5.02 Å². The average molecular weight is 256 g/mol. The van der Waals surface area contributed by atoms with Gasteiger partial charge in [-0.05, 0) is 38.0 Å². The van der Waals surface area contributed by atoms with E-state index in [0.717, 1.165) is 17.7 Å². The van der Waals surface area contributed by atoms with Gasteiger partial charge in [-0.3, -0.25) is 0 Å². The molecule has 1 N–H and O–H groups in total. The largest absolute Gasteiger partial charge is 0.480 e. The minimum Gasteiger partial charge on any atom is -0.480 e. The van der Waals surface area contributed by atoms with Gasteiger partial charge >= 0.3 is 5.97 Å². The van der Waals surface area contributed by atoms with Crippen LogP contribution in [0.15, 0.2) is 18.2 Å². The highest BCUT2D eigenvalue weighted by molar-refractivity contribution is 6.31. The van der Waals surface area contributed by atoms with E-state index in [1.54, 1.807) is 6.92 Å². The molecule has 1 atom stereocenters. The van der Waals surface area contributed by atoms with E-state index in [9.17, 15) is 4.79 Å². The summed E-state index contributed by atoms with van der Waals surface area (Å²) in [6, 6.07) is 5.10. The number of rotatable bonds is 5. The van der Waals surface area contributed by atoms with Crippen LogP contribution in [-0.4, -0.2) is 23.7 Å². The molecule has 0 heterocycles. The molecule has 0 bridgehead atoms. The molecule has 94 valence electrons. The van der Waals surface area contributed by atoms with Crippen molar-refractivity contribution in [2.75, 3.05) is 11.4 Å². The van der Waals surface area contributed by atoms with Gasteiger partial charge in [0.15, 0.2) is 0 Å². The summed E-state index contributed by atoms with van der Waals surface area (Å²) in [7, 11) is 0. The monoisotopic (exact) mass is 255 g/mol. The predicted octanol–water partition coefficient (Wildman–Crippen LogP) is 3.34. The standard InChI is InChI=1S/C13H18ClNO2/c1-4-7-15(10(3)13(16)17)11-6-5-9(2)12(14)8-11/h5-6,8,10H,4,7H2,1-3H3,(H,16,17)/t10-/m0/s1. The second kappa shape index (κ2) is 5.92. The number of carboxylic acids is 1. The predicted molar refractivity (Wildman–Crippen MR) is 70.9 cm³/mol. The van der Waals surface area contributed by atoms with Crippen molar-refractivity contribution in [1.29, 1.82) is 0 Å². The van der Waals surface area contributed by atoms with E-state index in [1.165, 1.54) is 0 Å². The molecule has 1 rings (SSSR count). The van der Waals surface area contributed by atoms with Crippen LogP contribution in [0.4, 0.5) is 5.69 Å². The summed E-state index contributed by atoms with van der Waals surface area (Å²) < 4.78 is 0. The van der Waals surface area contributed by atoms with Crippen molar-refractivity contribution >= 4 is 23.3 Å². The van der Waals surface area contributed by atoms with Gasteiger partial charge in [-0.2, -0.15) is 0 Å². The zero-order valence-corrected chi connectivity index (χ0v) is 11.2. The van der Waals surface area contributed by atoms with Crippen LogP contribution in [0.25, 0.3) is 0 Å². The van der Waals surface area contributed by atoms with E-state index in [-0.39, 0.29) is 0 Å². The lowest BCUT2D eigenvalue weighted by Gasteiger charge is -2.28. The van der Waals surface area contributed by atoms with Crippen LogP contribution in [0.1, 0.15) is 25.8 Å². The fraction of sp³-hybridized carbons (Fsp3) is 0.462. The van der Waals surface area contributed by atoms with Gasteiger partial charge in [-0.25, -0.2) is 4.79 Å².